The van der Waals surface area contributed by atoms with Gasteiger partial charge in [-0.25, -0.2) is 9.37 Å². The zero-order chi connectivity index (χ0) is 19.1. The molecular formula is C20H21FN4OS. The van der Waals surface area contributed by atoms with Crippen LogP contribution in [0.2, 0.25) is 0 Å². The molecule has 140 valence electrons. The van der Waals surface area contributed by atoms with E-state index >= 15 is 0 Å². The number of nitrogens with one attached hydrogen (secondary N) is 1. The van der Waals surface area contributed by atoms with Crippen LogP contribution in [-0.4, -0.2) is 36.3 Å². The maximum absolute atomic E-state index is 12.9. The third-order valence-corrected chi connectivity index (χ3v) is 5.60. The fourth-order valence-corrected chi connectivity index (χ4v) is 3.80. The van der Waals surface area contributed by atoms with Gasteiger partial charge in [-0.05, 0) is 55.2 Å². The number of benzene rings is 1. The summed E-state index contributed by atoms with van der Waals surface area (Å²) in [6.07, 6.45) is 3.61. The van der Waals surface area contributed by atoms with Crippen LogP contribution in [0.25, 0.3) is 0 Å². The van der Waals surface area contributed by atoms with Crippen molar-refractivity contribution >= 4 is 23.5 Å². The molecule has 0 spiro atoms. The van der Waals surface area contributed by atoms with E-state index in [1.165, 1.54) is 23.9 Å². The normalized spacial score (nSPS) is 14.6. The van der Waals surface area contributed by atoms with E-state index in [4.69, 9.17) is 0 Å². The predicted molar refractivity (Wildman–Crippen MR) is 104 cm³/mol. The molecule has 1 aromatic carbocycles. The van der Waals surface area contributed by atoms with Crippen LogP contribution in [0, 0.1) is 23.1 Å². The van der Waals surface area contributed by atoms with E-state index in [2.05, 4.69) is 21.3 Å². The van der Waals surface area contributed by atoms with Crippen LogP contribution in [0.1, 0.15) is 18.4 Å². The minimum Gasteiger partial charge on any atom is -0.356 e. The second kappa shape index (κ2) is 9.38. The molecule has 1 aliphatic rings. The van der Waals surface area contributed by atoms with Crippen molar-refractivity contribution in [3.8, 4) is 6.07 Å². The SMILES string of the molecule is N#Cc1cccnc1N1CCC(CNC(=O)CSc2ccc(F)cc2)CC1. The average molecular weight is 384 g/mol. The molecule has 0 saturated carbocycles. The molecule has 0 atom stereocenters. The van der Waals surface area contributed by atoms with Gasteiger partial charge in [-0.15, -0.1) is 11.8 Å². The highest BCUT2D eigenvalue weighted by Crippen LogP contribution is 2.24. The molecule has 0 unspecified atom stereocenters. The molecule has 1 saturated heterocycles. The number of hydrogen-bond acceptors (Lipinski definition) is 5. The maximum atomic E-state index is 12.9. The van der Waals surface area contributed by atoms with Crippen LogP contribution in [0.15, 0.2) is 47.5 Å². The first-order chi connectivity index (χ1) is 13.2. The molecule has 0 aliphatic carbocycles. The van der Waals surface area contributed by atoms with Gasteiger partial charge in [0.2, 0.25) is 5.91 Å². The van der Waals surface area contributed by atoms with Gasteiger partial charge < -0.3 is 10.2 Å². The molecule has 1 aliphatic heterocycles. The zero-order valence-corrected chi connectivity index (χ0v) is 15.7. The van der Waals surface area contributed by atoms with E-state index in [0.717, 1.165) is 36.6 Å². The summed E-state index contributed by atoms with van der Waals surface area (Å²) >= 11 is 1.40. The fourth-order valence-electron chi connectivity index (χ4n) is 3.07. The van der Waals surface area contributed by atoms with Gasteiger partial charge >= 0.3 is 0 Å². The number of anilines is 1. The maximum Gasteiger partial charge on any atom is 0.230 e. The standard InChI is InChI=1S/C20H21FN4OS/c21-17-3-5-18(6-4-17)27-14-19(26)24-13-15-7-10-25(11-8-15)20-16(12-22)2-1-9-23-20/h1-6,9,15H,7-8,10-11,13-14H2,(H,24,26). The topological polar surface area (TPSA) is 69.0 Å². The van der Waals surface area contributed by atoms with Gasteiger partial charge in [-0.1, -0.05) is 0 Å². The summed E-state index contributed by atoms with van der Waals surface area (Å²) in [6, 6.07) is 11.9. The second-order valence-electron chi connectivity index (χ2n) is 6.46. The zero-order valence-electron chi connectivity index (χ0n) is 14.9. The Morgan fingerprint density at radius 1 is 1.30 bits per heavy atom. The van der Waals surface area contributed by atoms with Crippen LogP contribution in [0.5, 0.6) is 0 Å². The number of piperidine rings is 1. The molecule has 2 aromatic rings. The highest BCUT2D eigenvalue weighted by molar-refractivity contribution is 8.00. The molecule has 1 aromatic heterocycles. The van der Waals surface area contributed by atoms with Crippen LogP contribution in [0.4, 0.5) is 10.2 Å². The number of thioether (sulfide) groups is 1. The average Bonchev–Trinajstić information content (AvgIpc) is 2.72. The van der Waals surface area contributed by atoms with Crippen molar-refractivity contribution < 1.29 is 9.18 Å². The summed E-state index contributed by atoms with van der Waals surface area (Å²) in [5, 5.41) is 12.2. The highest BCUT2D eigenvalue weighted by atomic mass is 32.2. The van der Waals surface area contributed by atoms with E-state index in [-0.39, 0.29) is 11.7 Å². The largest absolute Gasteiger partial charge is 0.356 e. The molecule has 27 heavy (non-hydrogen) atoms. The summed E-state index contributed by atoms with van der Waals surface area (Å²) < 4.78 is 12.9. The van der Waals surface area contributed by atoms with Crippen LogP contribution in [-0.2, 0) is 4.79 Å². The molecule has 1 amide bonds. The van der Waals surface area contributed by atoms with Crippen molar-refractivity contribution in [3.63, 3.8) is 0 Å². The lowest BCUT2D eigenvalue weighted by Crippen LogP contribution is -2.39. The molecule has 1 fully saturated rings. The van der Waals surface area contributed by atoms with Crippen molar-refractivity contribution in [2.75, 3.05) is 30.3 Å². The quantitative estimate of drug-likeness (QED) is 0.775. The summed E-state index contributed by atoms with van der Waals surface area (Å²) in [4.78, 5) is 19.4. The summed E-state index contributed by atoms with van der Waals surface area (Å²) in [5.74, 6) is 1.21. The lowest BCUT2D eigenvalue weighted by molar-refractivity contribution is -0.118. The molecule has 7 heteroatoms. The lowest BCUT2D eigenvalue weighted by Gasteiger charge is -2.33. The Labute approximate surface area is 162 Å². The first-order valence-corrected chi connectivity index (χ1v) is 9.89. The Balaban J connectivity index is 1.40. The Hall–Kier alpha value is -2.59. The number of carbonyl (C=O) groups excluding carboxylic acids is 1. The van der Waals surface area contributed by atoms with Gasteiger partial charge in [0.1, 0.15) is 17.7 Å². The van der Waals surface area contributed by atoms with E-state index < -0.39 is 0 Å². The van der Waals surface area contributed by atoms with Crippen molar-refractivity contribution in [3.05, 3.63) is 54.0 Å². The first kappa shape index (κ1) is 19.2. The number of rotatable bonds is 6. The Morgan fingerprint density at radius 2 is 2.04 bits per heavy atom. The van der Waals surface area contributed by atoms with E-state index in [9.17, 15) is 14.4 Å². The van der Waals surface area contributed by atoms with Gasteiger partial charge in [0, 0.05) is 30.7 Å². The Kier molecular flexibility index (Phi) is 6.66. The summed E-state index contributed by atoms with van der Waals surface area (Å²) in [6.45, 7) is 2.32. The number of nitrogens with zero attached hydrogens (tertiary/aromatic N) is 3. The van der Waals surface area contributed by atoms with Gasteiger partial charge in [0.25, 0.3) is 0 Å². The lowest BCUT2D eigenvalue weighted by atomic mass is 9.96. The molecule has 5 nitrogen and oxygen atoms in total. The van der Waals surface area contributed by atoms with Crippen LogP contribution in [0.3, 0.4) is 0 Å². The fraction of sp³-hybridized carbons (Fsp3) is 0.350. The number of halogens is 1. The van der Waals surface area contributed by atoms with Gasteiger partial charge in [0.15, 0.2) is 0 Å². The number of carbonyl (C=O) groups is 1. The van der Waals surface area contributed by atoms with Crippen LogP contribution >= 0.6 is 11.8 Å². The smallest absolute Gasteiger partial charge is 0.230 e. The Morgan fingerprint density at radius 3 is 2.74 bits per heavy atom. The number of amides is 1. The van der Waals surface area contributed by atoms with Crippen molar-refractivity contribution in [1.82, 2.24) is 10.3 Å². The second-order valence-corrected chi connectivity index (χ2v) is 7.51. The molecule has 3 rings (SSSR count). The summed E-state index contributed by atoms with van der Waals surface area (Å²) in [7, 11) is 0. The predicted octanol–water partition coefficient (Wildman–Crippen LogP) is 3.22. The van der Waals surface area contributed by atoms with E-state index in [1.807, 2.05) is 0 Å². The minimum atomic E-state index is -0.275. The van der Waals surface area contributed by atoms with Crippen LogP contribution < -0.4 is 10.2 Å². The van der Waals surface area contributed by atoms with Gasteiger partial charge in [-0.2, -0.15) is 5.26 Å². The summed E-state index contributed by atoms with van der Waals surface area (Å²) in [5.41, 5.74) is 0.599. The van der Waals surface area contributed by atoms with Crippen molar-refractivity contribution in [1.29, 1.82) is 5.26 Å². The molecular weight excluding hydrogens is 363 g/mol. The van der Waals surface area contributed by atoms with E-state index in [1.54, 1.807) is 30.5 Å². The number of nitriles is 1. The molecule has 0 bridgehead atoms. The van der Waals surface area contributed by atoms with Gasteiger partial charge in [-0.3, -0.25) is 4.79 Å². The van der Waals surface area contributed by atoms with E-state index in [0.29, 0.717) is 23.8 Å². The molecule has 0 radical (unpaired) electrons. The molecule has 1 N–H and O–H groups in total. The third-order valence-electron chi connectivity index (χ3n) is 4.59. The number of pyridine rings is 1. The number of aromatic nitrogens is 1. The minimum absolute atomic E-state index is 0.0109. The number of hydrogen-bond donors (Lipinski definition) is 1. The van der Waals surface area contributed by atoms with Gasteiger partial charge in [0.05, 0.1) is 11.3 Å². The van der Waals surface area contributed by atoms with Crippen molar-refractivity contribution in [2.24, 2.45) is 5.92 Å². The first-order valence-electron chi connectivity index (χ1n) is 8.91. The molecule has 2 heterocycles. The third kappa shape index (κ3) is 5.44. The van der Waals surface area contributed by atoms with Crippen molar-refractivity contribution in [2.45, 2.75) is 17.7 Å². The monoisotopic (exact) mass is 384 g/mol. The Bertz CT molecular complexity index is 813. The highest BCUT2D eigenvalue weighted by Gasteiger charge is 2.22.